The molecule has 0 fully saturated rings. The Balaban J connectivity index is 2.31. The minimum Gasteiger partial charge on any atom is -0.258 e. The van der Waals surface area contributed by atoms with Crippen LogP contribution in [0.4, 0.5) is 5.69 Å². The molecule has 0 unspecified atom stereocenters. The van der Waals surface area contributed by atoms with Gasteiger partial charge >= 0.3 is 0 Å². The molecule has 21 heavy (non-hydrogen) atoms. The average molecular weight is 280 g/mol. The number of hydrogen-bond donors (Lipinski definition) is 0. The number of nitrogens with zero attached hydrogens (tertiary/aromatic N) is 6. The Hall–Kier alpha value is -3.34. The number of fused-ring (bicyclic) bond motifs is 1. The van der Waals surface area contributed by atoms with Crippen LogP contribution in [0.2, 0.25) is 0 Å². The van der Waals surface area contributed by atoms with Gasteiger partial charge in [-0.15, -0.1) is 5.10 Å². The summed E-state index contributed by atoms with van der Waals surface area (Å²) in [6.45, 7) is 1.81. The zero-order chi connectivity index (χ0) is 15.0. The van der Waals surface area contributed by atoms with Crippen LogP contribution in [-0.4, -0.2) is 24.7 Å². The number of benzene rings is 1. The van der Waals surface area contributed by atoms with Crippen molar-refractivity contribution in [3.05, 3.63) is 52.2 Å². The highest BCUT2D eigenvalue weighted by atomic mass is 16.6. The van der Waals surface area contributed by atoms with E-state index in [-0.39, 0.29) is 11.5 Å². The van der Waals surface area contributed by atoms with Gasteiger partial charge in [0.2, 0.25) is 0 Å². The quantitative estimate of drug-likeness (QED) is 0.523. The van der Waals surface area contributed by atoms with Crippen LogP contribution in [0.1, 0.15) is 11.5 Å². The molecule has 0 amide bonds. The molecule has 0 radical (unpaired) electrons. The van der Waals surface area contributed by atoms with E-state index in [1.165, 1.54) is 23.1 Å². The lowest BCUT2D eigenvalue weighted by atomic mass is 10.1. The predicted molar refractivity (Wildman–Crippen MR) is 72.8 cm³/mol. The van der Waals surface area contributed by atoms with Crippen molar-refractivity contribution in [2.75, 3.05) is 0 Å². The third-order valence-electron chi connectivity index (χ3n) is 2.95. The minimum atomic E-state index is -0.467. The van der Waals surface area contributed by atoms with Crippen LogP contribution in [0, 0.1) is 28.4 Å². The molecule has 1 aromatic carbocycles. The average Bonchev–Trinajstić information content (AvgIpc) is 2.94. The first-order valence-electron chi connectivity index (χ1n) is 5.96. The highest BCUT2D eigenvalue weighted by Gasteiger charge is 2.13. The molecule has 0 N–H and O–H groups in total. The summed E-state index contributed by atoms with van der Waals surface area (Å²) in [5, 5.41) is 24.3. The van der Waals surface area contributed by atoms with Crippen molar-refractivity contribution >= 4 is 16.6 Å². The van der Waals surface area contributed by atoms with Gasteiger partial charge < -0.3 is 0 Å². The number of aromatic nitrogens is 4. The smallest absolute Gasteiger partial charge is 0.258 e. The summed E-state index contributed by atoms with van der Waals surface area (Å²) >= 11 is 0. The summed E-state index contributed by atoms with van der Waals surface area (Å²) in [7, 11) is 0. The molecule has 0 bridgehead atoms. The van der Waals surface area contributed by atoms with Crippen LogP contribution in [-0.2, 0) is 0 Å². The molecule has 3 rings (SSSR count). The number of non-ortho nitro benzene ring substituents is 1. The molecule has 0 saturated carbocycles. The molecule has 102 valence electrons. The maximum atomic E-state index is 10.9. The molecule has 0 aliphatic rings. The fourth-order valence-electron chi connectivity index (χ4n) is 2.06. The first-order chi connectivity index (χ1) is 10.1. The molecule has 0 aliphatic carbocycles. The van der Waals surface area contributed by atoms with E-state index in [0.717, 1.165) is 5.69 Å². The zero-order valence-corrected chi connectivity index (χ0v) is 10.9. The number of pyridine rings is 1. The number of rotatable bonds is 2. The monoisotopic (exact) mass is 280 g/mol. The van der Waals surface area contributed by atoms with Crippen LogP contribution in [0.5, 0.6) is 0 Å². The fourth-order valence-corrected chi connectivity index (χ4v) is 2.06. The second kappa shape index (κ2) is 4.64. The van der Waals surface area contributed by atoms with Crippen LogP contribution in [0.3, 0.4) is 0 Å². The van der Waals surface area contributed by atoms with Gasteiger partial charge in [0, 0.05) is 23.2 Å². The van der Waals surface area contributed by atoms with Gasteiger partial charge in [0.05, 0.1) is 16.1 Å². The van der Waals surface area contributed by atoms with E-state index >= 15 is 0 Å². The van der Waals surface area contributed by atoms with Gasteiger partial charge in [-0.05, 0) is 19.1 Å². The highest BCUT2D eigenvalue weighted by Crippen LogP contribution is 2.25. The van der Waals surface area contributed by atoms with E-state index in [0.29, 0.717) is 16.6 Å². The Morgan fingerprint density at radius 2 is 2.19 bits per heavy atom. The third kappa shape index (κ3) is 2.17. The van der Waals surface area contributed by atoms with Gasteiger partial charge in [0.15, 0.2) is 0 Å². The van der Waals surface area contributed by atoms with Crippen molar-refractivity contribution in [1.82, 2.24) is 19.7 Å². The normalized spacial score (nSPS) is 10.5. The predicted octanol–water partition coefficient (Wildman–Crippen LogP) is 1.90. The fraction of sp³-hybridized carbons (Fsp3) is 0.0769. The highest BCUT2D eigenvalue weighted by molar-refractivity contribution is 5.89. The van der Waals surface area contributed by atoms with Gasteiger partial charge in [-0.3, -0.25) is 15.1 Å². The van der Waals surface area contributed by atoms with Gasteiger partial charge in [-0.25, -0.2) is 9.67 Å². The topological polar surface area (TPSA) is 111 Å². The van der Waals surface area contributed by atoms with E-state index < -0.39 is 4.92 Å². The molecule has 2 aromatic heterocycles. The largest absolute Gasteiger partial charge is 0.270 e. The maximum absolute atomic E-state index is 10.9. The standard InChI is InChI=1S/C13H8N6O2/c1-8-4-12(18-7-15-13(6-14)17-18)10-5-9(19(20)21)2-3-11(10)16-8/h2-5,7H,1H3. The van der Waals surface area contributed by atoms with Crippen molar-refractivity contribution < 1.29 is 4.92 Å². The molecular formula is C13H8N6O2. The summed E-state index contributed by atoms with van der Waals surface area (Å²) in [6, 6.07) is 8.01. The van der Waals surface area contributed by atoms with Crippen LogP contribution >= 0.6 is 0 Å². The summed E-state index contributed by atoms with van der Waals surface area (Å²) < 4.78 is 1.42. The van der Waals surface area contributed by atoms with Crippen molar-refractivity contribution in [2.45, 2.75) is 6.92 Å². The Morgan fingerprint density at radius 3 is 2.86 bits per heavy atom. The first kappa shape index (κ1) is 12.7. The minimum absolute atomic E-state index is 0.0306. The van der Waals surface area contributed by atoms with E-state index in [1.807, 2.05) is 13.0 Å². The van der Waals surface area contributed by atoms with Crippen molar-refractivity contribution in [3.8, 4) is 11.8 Å². The summed E-state index contributed by atoms with van der Waals surface area (Å²) in [6.07, 6.45) is 1.39. The Kier molecular flexibility index (Phi) is 2.80. The van der Waals surface area contributed by atoms with Crippen LogP contribution < -0.4 is 0 Å². The zero-order valence-electron chi connectivity index (χ0n) is 10.9. The second-order valence-electron chi connectivity index (χ2n) is 4.37. The second-order valence-corrected chi connectivity index (χ2v) is 4.37. The third-order valence-corrected chi connectivity index (χ3v) is 2.95. The molecule has 0 spiro atoms. The number of nitro benzene ring substituents is 1. The molecule has 0 atom stereocenters. The summed E-state index contributed by atoms with van der Waals surface area (Å²) in [5.41, 5.74) is 1.91. The number of nitriles is 1. The van der Waals surface area contributed by atoms with Crippen molar-refractivity contribution in [3.63, 3.8) is 0 Å². The Labute approximate surface area is 118 Å². The first-order valence-corrected chi connectivity index (χ1v) is 5.96. The lowest BCUT2D eigenvalue weighted by Crippen LogP contribution is -2.00. The molecular weight excluding hydrogens is 272 g/mol. The van der Waals surface area contributed by atoms with E-state index in [4.69, 9.17) is 5.26 Å². The lowest BCUT2D eigenvalue weighted by molar-refractivity contribution is -0.384. The molecule has 2 heterocycles. The van der Waals surface area contributed by atoms with Gasteiger partial charge in [0.25, 0.3) is 11.5 Å². The van der Waals surface area contributed by atoms with Crippen molar-refractivity contribution in [2.24, 2.45) is 0 Å². The van der Waals surface area contributed by atoms with E-state index in [2.05, 4.69) is 15.1 Å². The van der Waals surface area contributed by atoms with E-state index in [1.54, 1.807) is 12.1 Å². The summed E-state index contributed by atoms with van der Waals surface area (Å²) in [5.74, 6) is 0.0306. The number of aryl methyl sites for hydroxylation is 1. The molecule has 3 aromatic rings. The molecule has 0 saturated heterocycles. The Morgan fingerprint density at radius 1 is 1.38 bits per heavy atom. The Bertz CT molecular complexity index is 909. The lowest BCUT2D eigenvalue weighted by Gasteiger charge is -2.07. The molecule has 8 heteroatoms. The molecule has 8 nitrogen and oxygen atoms in total. The SMILES string of the molecule is Cc1cc(-n2cnc(C#N)n2)c2cc([N+](=O)[O-])ccc2n1. The van der Waals surface area contributed by atoms with Gasteiger partial charge in [-0.1, -0.05) is 0 Å². The maximum Gasteiger partial charge on any atom is 0.270 e. The van der Waals surface area contributed by atoms with Gasteiger partial charge in [-0.2, -0.15) is 5.26 Å². The number of nitro groups is 1. The van der Waals surface area contributed by atoms with E-state index in [9.17, 15) is 10.1 Å². The molecule has 0 aliphatic heterocycles. The van der Waals surface area contributed by atoms with Crippen LogP contribution in [0.15, 0.2) is 30.6 Å². The number of hydrogen-bond acceptors (Lipinski definition) is 6. The van der Waals surface area contributed by atoms with Crippen LogP contribution in [0.25, 0.3) is 16.6 Å². The van der Waals surface area contributed by atoms with Gasteiger partial charge in [0.1, 0.15) is 12.4 Å². The summed E-state index contributed by atoms with van der Waals surface area (Å²) in [4.78, 5) is 18.6. The van der Waals surface area contributed by atoms with Crippen molar-refractivity contribution in [1.29, 1.82) is 5.26 Å².